The Morgan fingerprint density at radius 1 is 1.23 bits per heavy atom. The van der Waals surface area contributed by atoms with Crippen molar-refractivity contribution < 1.29 is 33.4 Å². The average molecular weight is 554 g/mol. The first kappa shape index (κ1) is 26.0. The average Bonchev–Trinajstić information content (AvgIpc) is 3.50. The summed E-state index contributed by atoms with van der Waals surface area (Å²) in [5, 5.41) is 11.8. The summed E-state index contributed by atoms with van der Waals surface area (Å²) in [6.07, 6.45) is 1.41. The molecule has 0 fully saturated rings. The number of allylic oxidation sites excluding steroid dienone is 1. The number of rotatable bonds is 7. The van der Waals surface area contributed by atoms with Gasteiger partial charge in [0.1, 0.15) is 17.5 Å². The third-order valence-corrected chi connectivity index (χ3v) is 7.24. The molecule has 3 aromatic rings. The number of fused-ring (bicyclic) bond motifs is 2. The van der Waals surface area contributed by atoms with E-state index >= 15 is 0 Å². The van der Waals surface area contributed by atoms with Gasteiger partial charge in [-0.1, -0.05) is 11.3 Å². The van der Waals surface area contributed by atoms with Crippen molar-refractivity contribution in [3.05, 3.63) is 82.5 Å². The predicted octanol–water partition coefficient (Wildman–Crippen LogP) is 2.45. The number of carbonyl (C=O) groups excluding carboxylic acids is 1. The van der Waals surface area contributed by atoms with Crippen LogP contribution in [0.3, 0.4) is 0 Å². The van der Waals surface area contributed by atoms with Crippen LogP contribution in [0.2, 0.25) is 0 Å². The Balaban J connectivity index is 1.76. The molecule has 0 bridgehead atoms. The van der Waals surface area contributed by atoms with Gasteiger partial charge in [-0.3, -0.25) is 19.5 Å². The zero-order valence-corrected chi connectivity index (χ0v) is 22.2. The van der Waals surface area contributed by atoms with Crippen LogP contribution in [0.4, 0.5) is 5.69 Å². The molecule has 0 spiro atoms. The van der Waals surface area contributed by atoms with Crippen molar-refractivity contribution in [1.29, 1.82) is 0 Å². The van der Waals surface area contributed by atoms with Crippen molar-refractivity contribution in [3.8, 4) is 23.0 Å². The van der Waals surface area contributed by atoms with Crippen LogP contribution < -0.4 is 33.8 Å². The summed E-state index contributed by atoms with van der Waals surface area (Å²) in [6, 6.07) is 6.84. The van der Waals surface area contributed by atoms with E-state index in [0.717, 1.165) is 11.3 Å². The summed E-state index contributed by atoms with van der Waals surface area (Å²) in [5.41, 5.74) is 0.475. The van der Waals surface area contributed by atoms with Gasteiger partial charge in [0, 0.05) is 11.6 Å². The molecule has 13 heteroatoms. The Kier molecular flexibility index (Phi) is 6.83. The minimum absolute atomic E-state index is 0.0578. The fourth-order valence-electron chi connectivity index (χ4n) is 4.49. The molecule has 202 valence electrons. The number of hydrogen-bond acceptors (Lipinski definition) is 11. The summed E-state index contributed by atoms with van der Waals surface area (Å²) in [4.78, 5) is 43.1. The molecule has 0 radical (unpaired) electrons. The highest BCUT2D eigenvalue weighted by Gasteiger charge is 2.35. The van der Waals surface area contributed by atoms with Gasteiger partial charge in [-0.05, 0) is 38.1 Å². The van der Waals surface area contributed by atoms with Gasteiger partial charge in [-0.15, -0.1) is 0 Å². The Morgan fingerprint density at radius 3 is 2.64 bits per heavy atom. The monoisotopic (exact) mass is 553 g/mol. The van der Waals surface area contributed by atoms with Crippen LogP contribution in [0, 0.1) is 10.1 Å². The van der Waals surface area contributed by atoms with Crippen LogP contribution >= 0.6 is 11.3 Å². The lowest BCUT2D eigenvalue weighted by atomic mass is 9.95. The van der Waals surface area contributed by atoms with Gasteiger partial charge >= 0.3 is 5.97 Å². The molecule has 5 rings (SSSR count). The summed E-state index contributed by atoms with van der Waals surface area (Å²) in [7, 11) is 2.99. The van der Waals surface area contributed by atoms with Gasteiger partial charge in [0.25, 0.3) is 11.2 Å². The van der Waals surface area contributed by atoms with E-state index in [0.29, 0.717) is 33.3 Å². The van der Waals surface area contributed by atoms with Crippen molar-refractivity contribution in [1.82, 2.24) is 4.57 Å². The second kappa shape index (κ2) is 10.3. The smallest absolute Gasteiger partial charge is 0.338 e. The van der Waals surface area contributed by atoms with Crippen molar-refractivity contribution in [2.75, 3.05) is 27.6 Å². The number of carbonyl (C=O) groups is 1. The molecule has 0 aliphatic carbocycles. The highest BCUT2D eigenvalue weighted by atomic mass is 32.1. The molecule has 12 nitrogen and oxygen atoms in total. The van der Waals surface area contributed by atoms with E-state index in [2.05, 4.69) is 4.99 Å². The maximum atomic E-state index is 13.9. The maximum absolute atomic E-state index is 13.9. The van der Waals surface area contributed by atoms with Gasteiger partial charge in [0.15, 0.2) is 16.3 Å². The summed E-state index contributed by atoms with van der Waals surface area (Å²) < 4.78 is 28.4. The first-order valence-electron chi connectivity index (χ1n) is 11.8. The predicted molar refractivity (Wildman–Crippen MR) is 139 cm³/mol. The quantitative estimate of drug-likeness (QED) is 0.245. The molecule has 3 heterocycles. The zero-order chi connectivity index (χ0) is 27.8. The maximum Gasteiger partial charge on any atom is 0.338 e. The number of ether oxygens (including phenoxy) is 5. The van der Waals surface area contributed by atoms with Crippen molar-refractivity contribution >= 4 is 29.1 Å². The normalized spacial score (nSPS) is 16.0. The van der Waals surface area contributed by atoms with Gasteiger partial charge in [0.05, 0.1) is 53.2 Å². The molecule has 1 atom stereocenters. The number of hydrogen-bond donors (Lipinski definition) is 0. The second-order valence-corrected chi connectivity index (χ2v) is 9.44. The molecule has 1 aromatic heterocycles. The molecular weight excluding hydrogens is 530 g/mol. The van der Waals surface area contributed by atoms with E-state index in [9.17, 15) is 19.7 Å². The van der Waals surface area contributed by atoms with Crippen molar-refractivity contribution in [3.63, 3.8) is 0 Å². The SMILES string of the molecule is CCOC(=O)C1=C(C)N=c2s/c(=C\c3cc4c(cc3[N+](=O)[O-])OCO4)c(=O)n2[C@@H]1c1ccc(OC)cc1OC. The van der Waals surface area contributed by atoms with E-state index in [-0.39, 0.29) is 40.5 Å². The molecule has 0 N–H and O–H groups in total. The molecule has 0 amide bonds. The van der Waals surface area contributed by atoms with Gasteiger partial charge in [0.2, 0.25) is 6.79 Å². The van der Waals surface area contributed by atoms with E-state index in [1.54, 1.807) is 32.0 Å². The number of nitro benzene ring substituents is 1. The molecule has 2 aliphatic rings. The summed E-state index contributed by atoms with van der Waals surface area (Å²) >= 11 is 1.04. The van der Waals surface area contributed by atoms with Crippen LogP contribution in [-0.2, 0) is 9.53 Å². The number of aromatic nitrogens is 1. The van der Waals surface area contributed by atoms with Gasteiger partial charge in [-0.2, -0.15) is 0 Å². The summed E-state index contributed by atoms with van der Waals surface area (Å²) in [5.74, 6) is 0.873. The minimum atomic E-state index is -0.935. The number of benzene rings is 2. The van der Waals surface area contributed by atoms with E-state index in [1.165, 1.54) is 37.0 Å². The number of methoxy groups -OCH3 is 2. The van der Waals surface area contributed by atoms with Gasteiger partial charge in [-0.25, -0.2) is 9.79 Å². The largest absolute Gasteiger partial charge is 0.497 e. The Labute approximate surface area is 225 Å². The molecule has 39 heavy (non-hydrogen) atoms. The van der Waals surface area contributed by atoms with E-state index in [4.69, 9.17) is 23.7 Å². The number of esters is 1. The standard InChI is InChI=1S/C26H23N3O9S/c1-5-36-25(31)22-13(2)27-26-28(23(22)16-7-6-15(34-3)10-18(16)35-4)24(30)21(39-26)9-14-8-19-20(38-12-37-19)11-17(14)29(32)33/h6-11,23H,5,12H2,1-4H3/b21-9-/t23-/m1/s1. The third kappa shape index (κ3) is 4.50. The lowest BCUT2D eigenvalue weighted by Gasteiger charge is -2.26. The van der Waals surface area contributed by atoms with Crippen molar-refractivity contribution in [2.24, 2.45) is 4.99 Å². The minimum Gasteiger partial charge on any atom is -0.497 e. The van der Waals surface area contributed by atoms with Crippen LogP contribution in [0.5, 0.6) is 23.0 Å². The molecule has 2 aromatic carbocycles. The van der Waals surface area contributed by atoms with Crippen LogP contribution in [0.1, 0.15) is 31.0 Å². The highest BCUT2D eigenvalue weighted by Crippen LogP contribution is 2.39. The molecule has 0 saturated carbocycles. The summed E-state index contributed by atoms with van der Waals surface area (Å²) in [6.45, 7) is 3.41. The molecule has 2 aliphatic heterocycles. The topological polar surface area (TPSA) is 141 Å². The van der Waals surface area contributed by atoms with E-state index in [1.807, 2.05) is 0 Å². The lowest BCUT2D eigenvalue weighted by Crippen LogP contribution is -2.40. The number of nitrogens with zero attached hydrogens (tertiary/aromatic N) is 3. The zero-order valence-electron chi connectivity index (χ0n) is 21.4. The molecular formula is C26H23N3O9S. The van der Waals surface area contributed by atoms with Crippen LogP contribution in [0.25, 0.3) is 6.08 Å². The first-order chi connectivity index (χ1) is 18.8. The highest BCUT2D eigenvalue weighted by molar-refractivity contribution is 7.07. The van der Waals surface area contributed by atoms with Crippen LogP contribution in [0.15, 0.2) is 51.4 Å². The lowest BCUT2D eigenvalue weighted by molar-refractivity contribution is -0.385. The molecule has 0 saturated heterocycles. The Hall–Kier alpha value is -4.65. The van der Waals surface area contributed by atoms with E-state index < -0.39 is 22.5 Å². The number of nitro groups is 1. The number of thiazole rings is 1. The van der Waals surface area contributed by atoms with Crippen molar-refractivity contribution in [2.45, 2.75) is 19.9 Å². The van der Waals surface area contributed by atoms with Gasteiger partial charge < -0.3 is 23.7 Å². The fraction of sp³-hybridized carbons (Fsp3) is 0.269. The Bertz CT molecular complexity index is 1720. The molecule has 0 unspecified atom stereocenters. The van der Waals surface area contributed by atoms with Crippen LogP contribution in [-0.4, -0.2) is 43.1 Å². The Morgan fingerprint density at radius 2 is 1.97 bits per heavy atom. The second-order valence-electron chi connectivity index (χ2n) is 8.43. The third-order valence-electron chi connectivity index (χ3n) is 6.26. The fourth-order valence-corrected chi connectivity index (χ4v) is 5.53. The first-order valence-corrected chi connectivity index (χ1v) is 12.6.